The van der Waals surface area contributed by atoms with E-state index >= 15 is 0 Å². The monoisotopic (exact) mass is 320 g/mol. The minimum absolute atomic E-state index is 0.0444. The molecule has 0 saturated heterocycles. The van der Waals surface area contributed by atoms with Crippen molar-refractivity contribution in [1.29, 1.82) is 0 Å². The Balaban J connectivity index is 2.40. The Morgan fingerprint density at radius 1 is 1.30 bits per heavy atom. The molecule has 1 aliphatic rings. The van der Waals surface area contributed by atoms with Crippen LogP contribution in [-0.2, 0) is 4.79 Å². The van der Waals surface area contributed by atoms with Gasteiger partial charge in [-0.2, -0.15) is 0 Å². The number of hydrogen-bond donors (Lipinski definition) is 1. The van der Waals surface area contributed by atoms with Crippen molar-refractivity contribution in [1.82, 2.24) is 4.90 Å². The predicted octanol–water partition coefficient (Wildman–Crippen LogP) is 2.80. The molecule has 7 nitrogen and oxygen atoms in total. The number of carboxylic acid groups (broad SMARTS) is 1. The van der Waals surface area contributed by atoms with Crippen LogP contribution in [0.4, 0.5) is 5.69 Å². The Morgan fingerprint density at radius 3 is 2.35 bits per heavy atom. The second kappa shape index (κ2) is 6.36. The van der Waals surface area contributed by atoms with Crippen LogP contribution in [0.5, 0.6) is 0 Å². The summed E-state index contributed by atoms with van der Waals surface area (Å²) in [6.45, 7) is 5.13. The molecule has 0 bridgehead atoms. The first-order valence-corrected chi connectivity index (χ1v) is 7.57. The van der Waals surface area contributed by atoms with E-state index < -0.39 is 22.8 Å². The minimum atomic E-state index is -1.08. The van der Waals surface area contributed by atoms with Crippen molar-refractivity contribution < 1.29 is 19.6 Å². The number of benzene rings is 1. The van der Waals surface area contributed by atoms with Gasteiger partial charge in [0.2, 0.25) is 0 Å². The largest absolute Gasteiger partial charge is 0.480 e. The fourth-order valence-electron chi connectivity index (χ4n) is 2.60. The zero-order valence-corrected chi connectivity index (χ0v) is 13.4. The van der Waals surface area contributed by atoms with Crippen LogP contribution >= 0.6 is 0 Å². The lowest BCUT2D eigenvalue weighted by atomic mass is 9.98. The van der Waals surface area contributed by atoms with E-state index in [1.807, 2.05) is 13.8 Å². The van der Waals surface area contributed by atoms with Gasteiger partial charge in [-0.05, 0) is 31.7 Å². The van der Waals surface area contributed by atoms with Gasteiger partial charge < -0.3 is 10.0 Å². The van der Waals surface area contributed by atoms with Crippen molar-refractivity contribution in [3.05, 3.63) is 39.4 Å². The Bertz CT molecular complexity index is 652. The Morgan fingerprint density at radius 2 is 1.91 bits per heavy atom. The van der Waals surface area contributed by atoms with Crippen LogP contribution in [0.2, 0.25) is 0 Å². The molecule has 0 aromatic heterocycles. The van der Waals surface area contributed by atoms with Crippen molar-refractivity contribution in [2.45, 2.75) is 51.6 Å². The molecule has 2 rings (SSSR count). The molecule has 1 aromatic carbocycles. The van der Waals surface area contributed by atoms with Crippen molar-refractivity contribution in [3.63, 3.8) is 0 Å². The van der Waals surface area contributed by atoms with E-state index in [4.69, 9.17) is 0 Å². The normalized spacial score (nSPS) is 15.3. The van der Waals surface area contributed by atoms with Gasteiger partial charge >= 0.3 is 5.97 Å². The molecular formula is C16H20N2O5. The highest BCUT2D eigenvalue weighted by Gasteiger charge is 2.39. The third-order valence-electron chi connectivity index (χ3n) is 4.05. The maximum atomic E-state index is 12.7. The second-order valence-electron chi connectivity index (χ2n) is 6.14. The molecule has 1 amide bonds. The van der Waals surface area contributed by atoms with Crippen LogP contribution in [0.3, 0.4) is 0 Å². The number of carboxylic acids is 1. The van der Waals surface area contributed by atoms with E-state index in [0.29, 0.717) is 5.56 Å². The number of aliphatic carboxylic acids is 1. The fourth-order valence-corrected chi connectivity index (χ4v) is 2.60. The maximum absolute atomic E-state index is 12.7. The van der Waals surface area contributed by atoms with Gasteiger partial charge in [-0.1, -0.05) is 19.9 Å². The number of carbonyl (C=O) groups is 2. The van der Waals surface area contributed by atoms with Gasteiger partial charge in [0, 0.05) is 23.2 Å². The number of hydrogen-bond acceptors (Lipinski definition) is 4. The molecule has 1 saturated carbocycles. The van der Waals surface area contributed by atoms with Crippen molar-refractivity contribution in [3.8, 4) is 0 Å². The van der Waals surface area contributed by atoms with Gasteiger partial charge in [-0.3, -0.25) is 14.9 Å². The lowest BCUT2D eigenvalue weighted by molar-refractivity contribution is -0.385. The van der Waals surface area contributed by atoms with Gasteiger partial charge in [0.05, 0.1) is 4.92 Å². The molecule has 1 aliphatic carbocycles. The predicted molar refractivity (Wildman–Crippen MR) is 83.5 cm³/mol. The summed E-state index contributed by atoms with van der Waals surface area (Å²) in [6.07, 6.45) is 1.52. The standard InChI is InChI=1S/C16H20N2O5/c1-9(2)13-7-4-11(8-14(13)18(22)23)15(19)17(12-5-6-12)10(3)16(20)21/h4,7-10,12H,5-6H2,1-3H3,(H,20,21). The fraction of sp³-hybridized carbons (Fsp3) is 0.500. The zero-order chi connectivity index (χ0) is 17.3. The molecule has 0 aliphatic heterocycles. The van der Waals surface area contributed by atoms with Crippen molar-refractivity contribution >= 4 is 17.6 Å². The van der Waals surface area contributed by atoms with Gasteiger partial charge in [0.1, 0.15) is 6.04 Å². The van der Waals surface area contributed by atoms with Crippen molar-refractivity contribution in [2.75, 3.05) is 0 Å². The summed E-state index contributed by atoms with van der Waals surface area (Å²) in [5.41, 5.74) is 0.599. The lowest BCUT2D eigenvalue weighted by Crippen LogP contribution is -2.44. The SMILES string of the molecule is CC(C)c1ccc(C(=O)N(C2CC2)C(C)C(=O)O)cc1[N+](=O)[O-]. The highest BCUT2D eigenvalue weighted by molar-refractivity contribution is 5.97. The van der Waals surface area contributed by atoms with E-state index in [-0.39, 0.29) is 23.2 Å². The average molecular weight is 320 g/mol. The van der Waals surface area contributed by atoms with E-state index in [1.165, 1.54) is 24.0 Å². The third-order valence-corrected chi connectivity index (χ3v) is 4.05. The van der Waals surface area contributed by atoms with Crippen LogP contribution in [0.1, 0.15) is 55.5 Å². The van der Waals surface area contributed by atoms with Crippen LogP contribution in [0.15, 0.2) is 18.2 Å². The molecule has 0 radical (unpaired) electrons. The lowest BCUT2D eigenvalue weighted by Gasteiger charge is -2.26. The van der Waals surface area contributed by atoms with Gasteiger partial charge in [0.15, 0.2) is 0 Å². The highest BCUT2D eigenvalue weighted by atomic mass is 16.6. The second-order valence-corrected chi connectivity index (χ2v) is 6.14. The number of carbonyl (C=O) groups excluding carboxylic acids is 1. The summed E-state index contributed by atoms with van der Waals surface area (Å²) >= 11 is 0. The molecular weight excluding hydrogens is 300 g/mol. The number of nitrogens with zero attached hydrogens (tertiary/aromatic N) is 2. The Labute approximate surface area is 134 Å². The van der Waals surface area contributed by atoms with Crippen LogP contribution in [0, 0.1) is 10.1 Å². The molecule has 1 aromatic rings. The molecule has 1 unspecified atom stereocenters. The third kappa shape index (κ3) is 3.49. The van der Waals surface area contributed by atoms with E-state index in [1.54, 1.807) is 6.07 Å². The van der Waals surface area contributed by atoms with Gasteiger partial charge in [0.25, 0.3) is 11.6 Å². The average Bonchev–Trinajstić information content (AvgIpc) is 3.30. The number of nitro groups is 1. The van der Waals surface area contributed by atoms with Gasteiger partial charge in [-0.15, -0.1) is 0 Å². The first-order chi connectivity index (χ1) is 10.7. The Hall–Kier alpha value is -2.44. The van der Waals surface area contributed by atoms with E-state index in [0.717, 1.165) is 12.8 Å². The smallest absolute Gasteiger partial charge is 0.326 e. The summed E-state index contributed by atoms with van der Waals surface area (Å²) in [5, 5.41) is 20.4. The molecule has 1 N–H and O–H groups in total. The van der Waals surface area contributed by atoms with Crippen LogP contribution in [0.25, 0.3) is 0 Å². The zero-order valence-electron chi connectivity index (χ0n) is 13.4. The number of nitro benzene ring substituents is 1. The summed E-state index contributed by atoms with van der Waals surface area (Å²) < 4.78 is 0. The number of rotatable bonds is 6. The van der Waals surface area contributed by atoms with Gasteiger partial charge in [-0.25, -0.2) is 4.79 Å². The molecule has 0 heterocycles. The topological polar surface area (TPSA) is 101 Å². The molecule has 1 fully saturated rings. The molecule has 7 heteroatoms. The minimum Gasteiger partial charge on any atom is -0.480 e. The first kappa shape index (κ1) is 16.9. The van der Waals surface area contributed by atoms with Crippen LogP contribution in [-0.4, -0.2) is 38.9 Å². The molecule has 1 atom stereocenters. The summed E-state index contributed by atoms with van der Waals surface area (Å²) in [4.78, 5) is 35.9. The van der Waals surface area contributed by atoms with E-state index in [2.05, 4.69) is 0 Å². The first-order valence-electron chi connectivity index (χ1n) is 7.57. The highest BCUT2D eigenvalue weighted by Crippen LogP contribution is 2.32. The molecule has 0 spiro atoms. The van der Waals surface area contributed by atoms with Crippen molar-refractivity contribution in [2.24, 2.45) is 0 Å². The molecule has 23 heavy (non-hydrogen) atoms. The van der Waals surface area contributed by atoms with Crippen LogP contribution < -0.4 is 0 Å². The summed E-state index contributed by atoms with van der Waals surface area (Å²) in [7, 11) is 0. The molecule has 124 valence electrons. The number of amides is 1. The van der Waals surface area contributed by atoms with E-state index in [9.17, 15) is 24.8 Å². The summed E-state index contributed by atoms with van der Waals surface area (Å²) in [5.74, 6) is -1.60. The summed E-state index contributed by atoms with van der Waals surface area (Å²) in [6, 6.07) is 3.30. The maximum Gasteiger partial charge on any atom is 0.326 e. The Kier molecular flexibility index (Phi) is 4.68. The quantitative estimate of drug-likeness (QED) is 0.641.